The molecule has 96 valence electrons. The van der Waals surface area contributed by atoms with Gasteiger partial charge in [0.15, 0.2) is 0 Å². The molecule has 7 heteroatoms. The van der Waals surface area contributed by atoms with Gasteiger partial charge in [-0.05, 0) is 13.8 Å². The molecule has 1 rings (SSSR count). The van der Waals surface area contributed by atoms with Crippen LogP contribution in [0.4, 0.5) is 11.9 Å². The van der Waals surface area contributed by atoms with Gasteiger partial charge in [0.1, 0.15) is 0 Å². The second-order valence-electron chi connectivity index (χ2n) is 4.36. The van der Waals surface area contributed by atoms with Gasteiger partial charge >= 0.3 is 6.01 Å². The maximum atomic E-state index is 9.74. The van der Waals surface area contributed by atoms with E-state index < -0.39 is 5.60 Å². The highest BCUT2D eigenvalue weighted by Gasteiger charge is 2.18. The fourth-order valence-electron chi connectivity index (χ4n) is 1.37. The summed E-state index contributed by atoms with van der Waals surface area (Å²) in [5.41, 5.74) is -0.825. The third-order valence-corrected chi connectivity index (χ3v) is 1.97. The van der Waals surface area contributed by atoms with Crippen LogP contribution >= 0.6 is 0 Å². The lowest BCUT2D eigenvalue weighted by molar-refractivity contribution is 0.0882. The van der Waals surface area contributed by atoms with Crippen molar-refractivity contribution >= 4 is 11.9 Å². The summed E-state index contributed by atoms with van der Waals surface area (Å²) in [6, 6.07) is 0.238. The number of likely N-dealkylation sites (N-methyl/N-ethyl adjacent to an activating group) is 1. The molecular formula is C10H19N5O2. The number of nitrogens with one attached hydrogen (secondary N) is 1. The van der Waals surface area contributed by atoms with E-state index in [0.717, 1.165) is 0 Å². The van der Waals surface area contributed by atoms with Gasteiger partial charge in [-0.2, -0.15) is 15.0 Å². The lowest BCUT2D eigenvalue weighted by Gasteiger charge is -2.25. The summed E-state index contributed by atoms with van der Waals surface area (Å²) in [5, 5.41) is 12.6. The van der Waals surface area contributed by atoms with Crippen molar-refractivity contribution in [2.45, 2.75) is 19.4 Å². The monoisotopic (exact) mass is 241 g/mol. The Morgan fingerprint density at radius 2 is 2.00 bits per heavy atom. The van der Waals surface area contributed by atoms with E-state index in [4.69, 9.17) is 4.74 Å². The minimum Gasteiger partial charge on any atom is -0.467 e. The Labute approximate surface area is 101 Å². The summed E-state index contributed by atoms with van der Waals surface area (Å²) < 4.78 is 4.99. The first-order valence-electron chi connectivity index (χ1n) is 5.27. The molecule has 0 spiro atoms. The number of anilines is 2. The highest BCUT2D eigenvalue weighted by molar-refractivity contribution is 5.37. The van der Waals surface area contributed by atoms with Crippen LogP contribution in [0.3, 0.4) is 0 Å². The predicted molar refractivity (Wildman–Crippen MR) is 65.5 cm³/mol. The molecule has 0 saturated carbocycles. The Bertz CT molecular complexity index is 355. The van der Waals surface area contributed by atoms with Gasteiger partial charge in [0, 0.05) is 20.6 Å². The molecule has 0 aliphatic heterocycles. The third kappa shape index (κ3) is 4.03. The first-order valence-corrected chi connectivity index (χ1v) is 5.27. The zero-order chi connectivity index (χ0) is 13.1. The predicted octanol–water partition coefficient (Wildman–Crippen LogP) is 0.129. The Hall–Kier alpha value is -1.63. The molecule has 1 aromatic heterocycles. The largest absolute Gasteiger partial charge is 0.467 e. The molecule has 0 radical (unpaired) electrons. The SMILES string of the molecule is CNc1nc(OC)nc(N(C)CC(C)(C)O)n1. The van der Waals surface area contributed by atoms with E-state index >= 15 is 0 Å². The summed E-state index contributed by atoms with van der Waals surface area (Å²) in [6.07, 6.45) is 0. The summed E-state index contributed by atoms with van der Waals surface area (Å²) >= 11 is 0. The van der Waals surface area contributed by atoms with Crippen LogP contribution in [0.25, 0.3) is 0 Å². The van der Waals surface area contributed by atoms with Gasteiger partial charge < -0.3 is 20.1 Å². The molecule has 1 heterocycles. The summed E-state index contributed by atoms with van der Waals surface area (Å²) in [5.74, 6) is 0.873. The molecule has 2 N–H and O–H groups in total. The lowest BCUT2D eigenvalue weighted by atomic mass is 10.1. The molecule has 0 unspecified atom stereocenters. The zero-order valence-corrected chi connectivity index (χ0v) is 10.9. The van der Waals surface area contributed by atoms with Crippen molar-refractivity contribution in [2.24, 2.45) is 0 Å². The molecule has 0 amide bonds. The molecule has 0 aromatic carbocycles. The van der Waals surface area contributed by atoms with Crippen LogP contribution in [0, 0.1) is 0 Å². The topological polar surface area (TPSA) is 83.4 Å². The Kier molecular flexibility index (Phi) is 4.06. The molecule has 0 bridgehead atoms. The van der Waals surface area contributed by atoms with Crippen LogP contribution in [0.15, 0.2) is 0 Å². The van der Waals surface area contributed by atoms with Crippen molar-refractivity contribution < 1.29 is 9.84 Å². The van der Waals surface area contributed by atoms with E-state index in [0.29, 0.717) is 18.4 Å². The first-order chi connectivity index (χ1) is 7.85. The van der Waals surface area contributed by atoms with Crippen molar-refractivity contribution in [1.82, 2.24) is 15.0 Å². The van der Waals surface area contributed by atoms with Gasteiger partial charge in [0.2, 0.25) is 11.9 Å². The van der Waals surface area contributed by atoms with Crippen LogP contribution < -0.4 is 15.0 Å². The highest BCUT2D eigenvalue weighted by Crippen LogP contribution is 2.15. The van der Waals surface area contributed by atoms with Crippen LogP contribution in [0.2, 0.25) is 0 Å². The first kappa shape index (κ1) is 13.4. The maximum absolute atomic E-state index is 9.74. The zero-order valence-electron chi connectivity index (χ0n) is 10.9. The van der Waals surface area contributed by atoms with Gasteiger partial charge in [-0.1, -0.05) is 0 Å². The number of ether oxygens (including phenoxy) is 1. The number of rotatable bonds is 5. The van der Waals surface area contributed by atoms with Crippen molar-refractivity contribution in [3.8, 4) is 6.01 Å². The van der Waals surface area contributed by atoms with E-state index in [2.05, 4.69) is 20.3 Å². The molecule has 0 atom stereocenters. The van der Waals surface area contributed by atoms with Crippen molar-refractivity contribution in [2.75, 3.05) is 38.0 Å². The second-order valence-corrected chi connectivity index (χ2v) is 4.36. The van der Waals surface area contributed by atoms with E-state index in [1.165, 1.54) is 7.11 Å². The third-order valence-electron chi connectivity index (χ3n) is 1.97. The van der Waals surface area contributed by atoms with Crippen LogP contribution in [-0.4, -0.2) is 53.4 Å². The van der Waals surface area contributed by atoms with Crippen molar-refractivity contribution in [3.63, 3.8) is 0 Å². The Morgan fingerprint density at radius 1 is 1.35 bits per heavy atom. The fraction of sp³-hybridized carbons (Fsp3) is 0.700. The number of hydrogen-bond acceptors (Lipinski definition) is 7. The van der Waals surface area contributed by atoms with Crippen LogP contribution in [0.5, 0.6) is 6.01 Å². The fourth-order valence-corrected chi connectivity index (χ4v) is 1.37. The number of aliphatic hydroxyl groups is 1. The van der Waals surface area contributed by atoms with Gasteiger partial charge in [-0.25, -0.2) is 0 Å². The average molecular weight is 241 g/mol. The van der Waals surface area contributed by atoms with E-state index in [1.807, 2.05) is 0 Å². The summed E-state index contributed by atoms with van der Waals surface area (Å²) in [7, 11) is 5.01. The van der Waals surface area contributed by atoms with Crippen molar-refractivity contribution in [1.29, 1.82) is 0 Å². The van der Waals surface area contributed by atoms with Gasteiger partial charge in [-0.15, -0.1) is 0 Å². The highest BCUT2D eigenvalue weighted by atomic mass is 16.5. The molecule has 17 heavy (non-hydrogen) atoms. The minimum absolute atomic E-state index is 0.238. The van der Waals surface area contributed by atoms with E-state index in [9.17, 15) is 5.11 Å². The standard InChI is InChI=1S/C10H19N5O2/c1-10(2,16)6-15(4)8-12-7(11-3)13-9(14-8)17-5/h16H,6H2,1-5H3,(H,11,12,13,14). The molecule has 0 aliphatic carbocycles. The molecule has 7 nitrogen and oxygen atoms in total. The van der Waals surface area contributed by atoms with E-state index in [-0.39, 0.29) is 6.01 Å². The molecule has 1 aromatic rings. The quantitative estimate of drug-likeness (QED) is 0.758. The van der Waals surface area contributed by atoms with Gasteiger partial charge in [0.25, 0.3) is 0 Å². The summed E-state index contributed by atoms with van der Waals surface area (Å²) in [6.45, 7) is 3.85. The van der Waals surface area contributed by atoms with Gasteiger partial charge in [-0.3, -0.25) is 0 Å². The average Bonchev–Trinajstić information content (AvgIpc) is 2.26. The normalized spacial score (nSPS) is 11.2. The lowest BCUT2D eigenvalue weighted by Crippen LogP contribution is -2.37. The Balaban J connectivity index is 2.96. The number of aromatic nitrogens is 3. The molecular weight excluding hydrogens is 222 g/mol. The summed E-state index contributed by atoms with van der Waals surface area (Å²) in [4.78, 5) is 14.0. The number of nitrogens with zero attached hydrogens (tertiary/aromatic N) is 4. The number of hydrogen-bond donors (Lipinski definition) is 2. The van der Waals surface area contributed by atoms with Crippen LogP contribution in [-0.2, 0) is 0 Å². The number of methoxy groups -OCH3 is 1. The Morgan fingerprint density at radius 3 is 2.47 bits per heavy atom. The second kappa shape index (κ2) is 5.13. The van der Waals surface area contributed by atoms with Crippen molar-refractivity contribution in [3.05, 3.63) is 0 Å². The van der Waals surface area contributed by atoms with Gasteiger partial charge in [0.05, 0.1) is 12.7 Å². The smallest absolute Gasteiger partial charge is 0.322 e. The maximum Gasteiger partial charge on any atom is 0.322 e. The molecule has 0 aliphatic rings. The molecule has 0 fully saturated rings. The molecule has 0 saturated heterocycles. The minimum atomic E-state index is -0.825. The van der Waals surface area contributed by atoms with E-state index in [1.54, 1.807) is 32.8 Å². The van der Waals surface area contributed by atoms with Crippen LogP contribution in [0.1, 0.15) is 13.8 Å².